The Labute approximate surface area is 147 Å². The normalized spacial score (nSPS) is 18.7. The van der Waals surface area contributed by atoms with E-state index in [0.717, 1.165) is 38.3 Å². The fourth-order valence-electron chi connectivity index (χ4n) is 3.58. The van der Waals surface area contributed by atoms with Crippen LogP contribution < -0.4 is 0 Å². The third kappa shape index (κ3) is 4.59. The molecule has 0 radical (unpaired) electrons. The quantitative estimate of drug-likeness (QED) is 0.803. The molecule has 0 saturated carbocycles. The van der Waals surface area contributed by atoms with Crippen molar-refractivity contribution in [3.63, 3.8) is 0 Å². The lowest BCUT2D eigenvalue weighted by Gasteiger charge is -2.32. The van der Waals surface area contributed by atoms with E-state index in [0.29, 0.717) is 24.3 Å². The molecule has 0 N–H and O–H groups in total. The van der Waals surface area contributed by atoms with Gasteiger partial charge in [-0.05, 0) is 46.5 Å². The molecule has 1 aliphatic heterocycles. The number of amides is 1. The van der Waals surface area contributed by atoms with E-state index in [1.165, 1.54) is 17.7 Å². The molecular weight excluding hydrogens is 300 g/mol. The van der Waals surface area contributed by atoms with Gasteiger partial charge in [-0.15, -0.1) is 0 Å². The van der Waals surface area contributed by atoms with Gasteiger partial charge in [0, 0.05) is 56.9 Å². The Bertz CT molecular complexity index is 564. The van der Waals surface area contributed by atoms with Crippen LogP contribution in [0.4, 0.5) is 0 Å². The Morgan fingerprint density at radius 2 is 2.08 bits per heavy atom. The average Bonchev–Trinajstić information content (AvgIpc) is 2.76. The molecule has 5 heteroatoms. The van der Waals surface area contributed by atoms with Crippen LogP contribution in [0, 0.1) is 19.8 Å². The maximum absolute atomic E-state index is 12.5. The van der Waals surface area contributed by atoms with E-state index in [2.05, 4.69) is 49.5 Å². The Hall–Kier alpha value is -1.36. The third-order valence-corrected chi connectivity index (χ3v) is 5.37. The summed E-state index contributed by atoms with van der Waals surface area (Å²) in [6.07, 6.45) is 3.01. The number of likely N-dealkylation sites (tertiary alicyclic amines) is 1. The lowest BCUT2D eigenvalue weighted by molar-refractivity contribution is -0.133. The van der Waals surface area contributed by atoms with Gasteiger partial charge in [0.2, 0.25) is 5.91 Å². The van der Waals surface area contributed by atoms with Crippen LogP contribution in [0.15, 0.2) is 0 Å². The molecule has 1 aromatic rings. The summed E-state index contributed by atoms with van der Waals surface area (Å²) in [6.45, 7) is 14.4. The summed E-state index contributed by atoms with van der Waals surface area (Å²) in [5, 5.41) is 4.51. The molecule has 1 amide bonds. The second kappa shape index (κ2) is 8.15. The number of nitrogens with zero attached hydrogens (tertiary/aromatic N) is 4. The van der Waals surface area contributed by atoms with E-state index < -0.39 is 0 Å². The van der Waals surface area contributed by atoms with E-state index in [9.17, 15) is 4.79 Å². The molecule has 24 heavy (non-hydrogen) atoms. The number of hydrogen-bond donors (Lipinski definition) is 0. The standard InChI is InChI=1S/C19H34N4O/c1-14(2)22(13-18-16(4)20-21(6)17(18)5)11-9-19(24)23-10-7-8-15(3)12-23/h14-15H,7-13H2,1-6H3. The van der Waals surface area contributed by atoms with Crippen LogP contribution in [-0.4, -0.2) is 51.2 Å². The lowest BCUT2D eigenvalue weighted by atomic mass is 10.00. The van der Waals surface area contributed by atoms with Crippen LogP contribution >= 0.6 is 0 Å². The van der Waals surface area contributed by atoms with Crippen molar-refractivity contribution in [1.29, 1.82) is 0 Å². The van der Waals surface area contributed by atoms with Gasteiger partial charge < -0.3 is 4.90 Å². The van der Waals surface area contributed by atoms with Crippen LogP contribution in [0.5, 0.6) is 0 Å². The number of hydrogen-bond acceptors (Lipinski definition) is 3. The summed E-state index contributed by atoms with van der Waals surface area (Å²) in [4.78, 5) is 17.0. The maximum Gasteiger partial charge on any atom is 0.223 e. The third-order valence-electron chi connectivity index (χ3n) is 5.37. The van der Waals surface area contributed by atoms with Gasteiger partial charge >= 0.3 is 0 Å². The van der Waals surface area contributed by atoms with Gasteiger partial charge in [0.15, 0.2) is 0 Å². The largest absolute Gasteiger partial charge is 0.342 e. The van der Waals surface area contributed by atoms with E-state index in [1.54, 1.807) is 0 Å². The molecule has 2 rings (SSSR count). The van der Waals surface area contributed by atoms with Crippen LogP contribution in [0.2, 0.25) is 0 Å². The van der Waals surface area contributed by atoms with Crippen molar-refractivity contribution in [1.82, 2.24) is 19.6 Å². The van der Waals surface area contributed by atoms with Gasteiger partial charge in [0.05, 0.1) is 5.69 Å². The molecule has 0 bridgehead atoms. The number of aromatic nitrogens is 2. The minimum absolute atomic E-state index is 0.312. The topological polar surface area (TPSA) is 41.4 Å². The molecule has 0 aliphatic carbocycles. The van der Waals surface area contributed by atoms with E-state index >= 15 is 0 Å². The first-order chi connectivity index (χ1) is 11.3. The van der Waals surface area contributed by atoms with Gasteiger partial charge in [-0.2, -0.15) is 5.10 Å². The molecule has 1 unspecified atom stereocenters. The highest BCUT2D eigenvalue weighted by Gasteiger charge is 2.22. The molecule has 1 aromatic heterocycles. The highest BCUT2D eigenvalue weighted by atomic mass is 16.2. The molecule has 136 valence electrons. The summed E-state index contributed by atoms with van der Waals surface area (Å²) in [6, 6.07) is 0.414. The summed E-state index contributed by atoms with van der Waals surface area (Å²) in [5.74, 6) is 0.955. The number of rotatable bonds is 6. The van der Waals surface area contributed by atoms with E-state index in [-0.39, 0.29) is 0 Å². The maximum atomic E-state index is 12.5. The van der Waals surface area contributed by atoms with Crippen LogP contribution in [0.3, 0.4) is 0 Å². The predicted molar refractivity (Wildman–Crippen MR) is 97.8 cm³/mol. The van der Waals surface area contributed by atoms with E-state index in [4.69, 9.17) is 0 Å². The lowest BCUT2D eigenvalue weighted by Crippen LogP contribution is -2.41. The first-order valence-electron chi connectivity index (χ1n) is 9.30. The predicted octanol–water partition coefficient (Wildman–Crippen LogP) is 2.90. The summed E-state index contributed by atoms with van der Waals surface area (Å²) in [5.41, 5.74) is 3.61. The van der Waals surface area contributed by atoms with Crippen molar-refractivity contribution < 1.29 is 4.79 Å². The molecule has 0 aromatic carbocycles. The number of aryl methyl sites for hydroxylation is 2. The SMILES string of the molecule is Cc1nn(C)c(C)c1CN(CCC(=O)N1CCCC(C)C1)C(C)C. The smallest absolute Gasteiger partial charge is 0.223 e. The van der Waals surface area contributed by atoms with Crippen molar-refractivity contribution in [2.45, 2.75) is 66.5 Å². The molecule has 1 atom stereocenters. The highest BCUT2D eigenvalue weighted by Crippen LogP contribution is 2.18. The second-order valence-electron chi connectivity index (χ2n) is 7.67. The van der Waals surface area contributed by atoms with Crippen molar-refractivity contribution in [2.75, 3.05) is 19.6 Å². The van der Waals surface area contributed by atoms with Gasteiger partial charge in [-0.25, -0.2) is 0 Å². The van der Waals surface area contributed by atoms with Crippen molar-refractivity contribution >= 4 is 5.91 Å². The fourth-order valence-corrected chi connectivity index (χ4v) is 3.58. The van der Waals surface area contributed by atoms with Gasteiger partial charge in [0.1, 0.15) is 0 Å². The van der Waals surface area contributed by atoms with E-state index in [1.807, 2.05) is 11.7 Å². The van der Waals surface area contributed by atoms with Crippen molar-refractivity contribution in [3.8, 4) is 0 Å². The Balaban J connectivity index is 1.95. The summed E-state index contributed by atoms with van der Waals surface area (Å²) in [7, 11) is 1.99. The van der Waals surface area contributed by atoms with Crippen molar-refractivity contribution in [2.24, 2.45) is 13.0 Å². The monoisotopic (exact) mass is 334 g/mol. The van der Waals surface area contributed by atoms with Crippen LogP contribution in [0.25, 0.3) is 0 Å². The second-order valence-corrected chi connectivity index (χ2v) is 7.67. The Kier molecular flexibility index (Phi) is 6.44. The molecule has 0 spiro atoms. The number of piperidine rings is 1. The first kappa shape index (κ1) is 19.0. The van der Waals surface area contributed by atoms with Gasteiger partial charge in [0.25, 0.3) is 0 Å². The molecule has 1 saturated heterocycles. The highest BCUT2D eigenvalue weighted by molar-refractivity contribution is 5.76. The van der Waals surface area contributed by atoms with Crippen LogP contribution in [0.1, 0.15) is 57.0 Å². The molecule has 5 nitrogen and oxygen atoms in total. The molecular formula is C19H34N4O. The molecule has 1 fully saturated rings. The van der Waals surface area contributed by atoms with Crippen LogP contribution in [-0.2, 0) is 18.4 Å². The molecule has 1 aliphatic rings. The first-order valence-corrected chi connectivity index (χ1v) is 9.30. The minimum Gasteiger partial charge on any atom is -0.342 e. The number of carbonyl (C=O) groups excluding carboxylic acids is 1. The minimum atomic E-state index is 0.312. The average molecular weight is 335 g/mol. The zero-order valence-corrected chi connectivity index (χ0v) is 16.3. The Morgan fingerprint density at radius 3 is 2.62 bits per heavy atom. The fraction of sp³-hybridized carbons (Fsp3) is 0.789. The zero-order chi connectivity index (χ0) is 17.9. The number of carbonyl (C=O) groups is 1. The molecule has 2 heterocycles. The zero-order valence-electron chi connectivity index (χ0n) is 16.3. The van der Waals surface area contributed by atoms with Gasteiger partial charge in [-0.1, -0.05) is 6.92 Å². The van der Waals surface area contributed by atoms with Gasteiger partial charge in [-0.3, -0.25) is 14.4 Å². The van der Waals surface area contributed by atoms with Crippen molar-refractivity contribution in [3.05, 3.63) is 17.0 Å². The summed E-state index contributed by atoms with van der Waals surface area (Å²) >= 11 is 0. The summed E-state index contributed by atoms with van der Waals surface area (Å²) < 4.78 is 1.95. The Morgan fingerprint density at radius 1 is 1.38 bits per heavy atom.